The standard InChI is InChI=1S/C14H18N2O3/c1-15-13(18)10-5-7-16(8-6-10)14(19)11-3-2-4-12(17)9-11/h2-4,9-10,17H,5-8H2,1H3,(H,15,18). The highest BCUT2D eigenvalue weighted by Crippen LogP contribution is 2.20. The molecule has 0 saturated carbocycles. The van der Waals surface area contributed by atoms with Crippen LogP contribution in [-0.4, -0.2) is 42.0 Å². The van der Waals surface area contributed by atoms with Gasteiger partial charge in [0.05, 0.1) is 0 Å². The van der Waals surface area contributed by atoms with Crippen molar-refractivity contribution in [2.24, 2.45) is 5.92 Å². The molecule has 0 radical (unpaired) electrons. The molecule has 0 aromatic heterocycles. The minimum absolute atomic E-state index is 0.00164. The molecule has 0 aliphatic carbocycles. The quantitative estimate of drug-likeness (QED) is 0.835. The fraction of sp³-hybridized carbons (Fsp3) is 0.429. The zero-order chi connectivity index (χ0) is 13.8. The van der Waals surface area contributed by atoms with Crippen molar-refractivity contribution in [3.8, 4) is 5.75 Å². The van der Waals surface area contributed by atoms with Crippen LogP contribution in [-0.2, 0) is 4.79 Å². The van der Waals surface area contributed by atoms with Crippen LogP contribution in [0.2, 0.25) is 0 Å². The molecule has 2 rings (SSSR count). The monoisotopic (exact) mass is 262 g/mol. The number of carbonyl (C=O) groups excluding carboxylic acids is 2. The van der Waals surface area contributed by atoms with Gasteiger partial charge in [0.1, 0.15) is 5.75 Å². The van der Waals surface area contributed by atoms with E-state index in [0.29, 0.717) is 31.5 Å². The second kappa shape index (κ2) is 5.73. The largest absolute Gasteiger partial charge is 0.508 e. The van der Waals surface area contributed by atoms with Gasteiger partial charge >= 0.3 is 0 Å². The van der Waals surface area contributed by atoms with E-state index in [1.165, 1.54) is 12.1 Å². The van der Waals surface area contributed by atoms with Gasteiger partial charge in [0, 0.05) is 31.6 Å². The molecule has 0 atom stereocenters. The van der Waals surface area contributed by atoms with Crippen molar-refractivity contribution in [2.45, 2.75) is 12.8 Å². The smallest absolute Gasteiger partial charge is 0.253 e. The van der Waals surface area contributed by atoms with Gasteiger partial charge in [-0.15, -0.1) is 0 Å². The van der Waals surface area contributed by atoms with Crippen molar-refractivity contribution in [3.05, 3.63) is 29.8 Å². The van der Waals surface area contributed by atoms with Gasteiger partial charge in [0.15, 0.2) is 0 Å². The summed E-state index contributed by atoms with van der Waals surface area (Å²) in [7, 11) is 1.63. The van der Waals surface area contributed by atoms with Crippen LogP contribution in [0.4, 0.5) is 0 Å². The third-order valence-electron chi connectivity index (χ3n) is 3.49. The van der Waals surface area contributed by atoms with Crippen LogP contribution in [0.15, 0.2) is 24.3 Å². The first-order valence-corrected chi connectivity index (χ1v) is 6.41. The molecule has 1 fully saturated rings. The van der Waals surface area contributed by atoms with E-state index in [1.807, 2.05) is 0 Å². The van der Waals surface area contributed by atoms with Crippen molar-refractivity contribution in [3.63, 3.8) is 0 Å². The van der Waals surface area contributed by atoms with E-state index >= 15 is 0 Å². The number of amides is 2. The topological polar surface area (TPSA) is 69.6 Å². The van der Waals surface area contributed by atoms with Gasteiger partial charge < -0.3 is 15.3 Å². The summed E-state index contributed by atoms with van der Waals surface area (Å²) in [5.74, 6) is 0.0417. The number of aromatic hydroxyl groups is 1. The van der Waals surface area contributed by atoms with Gasteiger partial charge in [0.2, 0.25) is 5.91 Å². The maximum atomic E-state index is 12.2. The maximum absolute atomic E-state index is 12.2. The van der Waals surface area contributed by atoms with Gasteiger partial charge in [-0.25, -0.2) is 0 Å². The van der Waals surface area contributed by atoms with Crippen LogP contribution in [0.1, 0.15) is 23.2 Å². The fourth-order valence-corrected chi connectivity index (χ4v) is 2.37. The Morgan fingerprint density at radius 3 is 2.58 bits per heavy atom. The molecule has 5 nitrogen and oxygen atoms in total. The molecule has 0 unspecified atom stereocenters. The molecule has 5 heteroatoms. The summed E-state index contributed by atoms with van der Waals surface area (Å²) in [6, 6.07) is 6.34. The number of hydrogen-bond acceptors (Lipinski definition) is 3. The average Bonchev–Trinajstić information content (AvgIpc) is 2.46. The van der Waals surface area contributed by atoms with Crippen molar-refractivity contribution in [2.75, 3.05) is 20.1 Å². The minimum atomic E-state index is -0.0914. The first kappa shape index (κ1) is 13.4. The molecule has 2 N–H and O–H groups in total. The summed E-state index contributed by atoms with van der Waals surface area (Å²) < 4.78 is 0. The highest BCUT2D eigenvalue weighted by atomic mass is 16.3. The molecule has 102 valence electrons. The number of rotatable bonds is 2. The van der Waals surface area contributed by atoms with E-state index in [-0.39, 0.29) is 23.5 Å². The summed E-state index contributed by atoms with van der Waals surface area (Å²) >= 11 is 0. The van der Waals surface area contributed by atoms with E-state index in [4.69, 9.17) is 0 Å². The lowest BCUT2D eigenvalue weighted by Gasteiger charge is -2.31. The van der Waals surface area contributed by atoms with Gasteiger partial charge in [-0.3, -0.25) is 9.59 Å². The number of benzene rings is 1. The van der Waals surface area contributed by atoms with Crippen LogP contribution in [0.25, 0.3) is 0 Å². The number of phenols is 1. The number of nitrogens with zero attached hydrogens (tertiary/aromatic N) is 1. The molecular weight excluding hydrogens is 244 g/mol. The first-order valence-electron chi connectivity index (χ1n) is 6.41. The number of carbonyl (C=O) groups is 2. The Morgan fingerprint density at radius 1 is 1.32 bits per heavy atom. The summed E-state index contributed by atoms with van der Waals surface area (Å²) in [5.41, 5.74) is 0.485. The highest BCUT2D eigenvalue weighted by Gasteiger charge is 2.27. The zero-order valence-corrected chi connectivity index (χ0v) is 10.9. The third-order valence-corrected chi connectivity index (χ3v) is 3.49. The molecule has 1 aliphatic heterocycles. The van der Waals surface area contributed by atoms with E-state index < -0.39 is 0 Å². The molecule has 1 heterocycles. The Bertz CT molecular complexity index is 479. The van der Waals surface area contributed by atoms with E-state index in [9.17, 15) is 14.7 Å². The lowest BCUT2D eigenvalue weighted by Crippen LogP contribution is -2.42. The predicted octanol–water partition coefficient (Wildman–Crippen LogP) is 0.990. The van der Waals surface area contributed by atoms with Gasteiger partial charge in [-0.05, 0) is 31.0 Å². The van der Waals surface area contributed by atoms with Crippen molar-refractivity contribution in [1.82, 2.24) is 10.2 Å². The van der Waals surface area contributed by atoms with Crippen LogP contribution in [0, 0.1) is 5.92 Å². The Morgan fingerprint density at radius 2 is 2.00 bits per heavy atom. The van der Waals surface area contributed by atoms with Crippen molar-refractivity contribution in [1.29, 1.82) is 0 Å². The Hall–Kier alpha value is -2.04. The molecule has 0 spiro atoms. The third kappa shape index (κ3) is 3.05. The van der Waals surface area contributed by atoms with Crippen LogP contribution < -0.4 is 5.32 Å². The lowest BCUT2D eigenvalue weighted by molar-refractivity contribution is -0.125. The van der Waals surface area contributed by atoms with E-state index in [2.05, 4.69) is 5.32 Å². The predicted molar refractivity (Wildman–Crippen MR) is 70.8 cm³/mol. The summed E-state index contributed by atoms with van der Waals surface area (Å²) in [6.45, 7) is 1.15. The molecule has 1 aromatic carbocycles. The van der Waals surface area contributed by atoms with Gasteiger partial charge in [-0.1, -0.05) is 6.07 Å². The zero-order valence-electron chi connectivity index (χ0n) is 10.9. The van der Waals surface area contributed by atoms with Crippen LogP contribution in [0.5, 0.6) is 5.75 Å². The van der Waals surface area contributed by atoms with Crippen molar-refractivity contribution >= 4 is 11.8 Å². The molecule has 1 aromatic rings. The normalized spacial score (nSPS) is 16.2. The lowest BCUT2D eigenvalue weighted by atomic mass is 9.95. The number of phenolic OH excluding ortho intramolecular Hbond substituents is 1. The maximum Gasteiger partial charge on any atom is 0.253 e. The fourth-order valence-electron chi connectivity index (χ4n) is 2.37. The van der Waals surface area contributed by atoms with Gasteiger partial charge in [0.25, 0.3) is 5.91 Å². The Kier molecular flexibility index (Phi) is 4.04. The average molecular weight is 262 g/mol. The number of hydrogen-bond donors (Lipinski definition) is 2. The number of likely N-dealkylation sites (tertiary alicyclic amines) is 1. The molecule has 1 aliphatic rings. The summed E-state index contributed by atoms with van der Waals surface area (Å²) in [5, 5.41) is 12.0. The number of nitrogens with one attached hydrogen (secondary N) is 1. The summed E-state index contributed by atoms with van der Waals surface area (Å²) in [6.07, 6.45) is 1.37. The number of piperidine rings is 1. The second-order valence-electron chi connectivity index (χ2n) is 4.73. The first-order chi connectivity index (χ1) is 9.11. The SMILES string of the molecule is CNC(=O)C1CCN(C(=O)c2cccc(O)c2)CC1. The molecular formula is C14H18N2O3. The molecule has 2 amide bonds. The second-order valence-corrected chi connectivity index (χ2v) is 4.73. The van der Waals surface area contributed by atoms with E-state index in [1.54, 1.807) is 24.1 Å². The van der Waals surface area contributed by atoms with Crippen LogP contribution in [0.3, 0.4) is 0 Å². The molecule has 0 bridgehead atoms. The Balaban J connectivity index is 1.98. The minimum Gasteiger partial charge on any atom is -0.508 e. The van der Waals surface area contributed by atoms with Gasteiger partial charge in [-0.2, -0.15) is 0 Å². The summed E-state index contributed by atoms with van der Waals surface area (Å²) in [4.78, 5) is 25.5. The van der Waals surface area contributed by atoms with Crippen molar-refractivity contribution < 1.29 is 14.7 Å². The molecule has 1 saturated heterocycles. The Labute approximate surface area is 112 Å². The highest BCUT2D eigenvalue weighted by molar-refractivity contribution is 5.94. The van der Waals surface area contributed by atoms with E-state index in [0.717, 1.165) is 0 Å². The van der Waals surface area contributed by atoms with Crippen LogP contribution >= 0.6 is 0 Å². The molecule has 19 heavy (non-hydrogen) atoms.